The predicted molar refractivity (Wildman–Crippen MR) is 217 cm³/mol. The summed E-state index contributed by atoms with van der Waals surface area (Å²) in [4.78, 5) is 15.3. The maximum absolute atomic E-state index is 6.66. The normalized spacial score (nSPS) is 11.4. The van der Waals surface area contributed by atoms with Crippen molar-refractivity contribution < 1.29 is 4.42 Å². The Balaban J connectivity index is 1.12. The molecule has 0 saturated heterocycles. The zero-order chi connectivity index (χ0) is 35.1. The van der Waals surface area contributed by atoms with Gasteiger partial charge in [0.05, 0.1) is 0 Å². The van der Waals surface area contributed by atoms with Crippen molar-refractivity contribution in [2.75, 3.05) is 0 Å². The van der Waals surface area contributed by atoms with Gasteiger partial charge in [-0.3, -0.25) is 0 Å². The lowest BCUT2D eigenvalue weighted by Gasteiger charge is -2.11. The molecule has 10 rings (SSSR count). The fourth-order valence-electron chi connectivity index (χ4n) is 7.33. The van der Waals surface area contributed by atoms with E-state index in [1.54, 1.807) is 0 Å². The molecule has 248 valence electrons. The lowest BCUT2D eigenvalue weighted by molar-refractivity contribution is 0.673. The molecule has 0 aliphatic carbocycles. The van der Waals surface area contributed by atoms with Gasteiger partial charge in [-0.05, 0) is 50.9 Å². The van der Waals surface area contributed by atoms with Crippen LogP contribution < -0.4 is 0 Å². The topological polar surface area (TPSA) is 51.8 Å². The van der Waals surface area contributed by atoms with Crippen LogP contribution in [0.2, 0.25) is 0 Å². The molecule has 0 saturated carbocycles. The van der Waals surface area contributed by atoms with E-state index in [-0.39, 0.29) is 0 Å². The first-order valence-corrected chi connectivity index (χ1v) is 17.8. The molecular formula is C49H31N3O. The molecule has 0 amide bonds. The van der Waals surface area contributed by atoms with Crippen molar-refractivity contribution in [3.05, 3.63) is 188 Å². The van der Waals surface area contributed by atoms with Gasteiger partial charge in [0.1, 0.15) is 11.2 Å². The molecule has 2 heterocycles. The maximum Gasteiger partial charge on any atom is 0.164 e. The van der Waals surface area contributed by atoms with Gasteiger partial charge in [-0.1, -0.05) is 176 Å². The highest BCUT2D eigenvalue weighted by Crippen LogP contribution is 2.43. The van der Waals surface area contributed by atoms with Crippen molar-refractivity contribution in [3.63, 3.8) is 0 Å². The summed E-state index contributed by atoms with van der Waals surface area (Å²) in [6.07, 6.45) is 0. The van der Waals surface area contributed by atoms with Crippen molar-refractivity contribution >= 4 is 32.7 Å². The SMILES string of the molecule is c1ccc(-c2ccc(-c3ccc(-c4nc(-c5ccccc5)nc(-c5cccc6oc7c8ccccc8c(-c8ccccc8)cc7c56)n4)cc3)cc2)cc1. The van der Waals surface area contributed by atoms with Crippen LogP contribution in [-0.2, 0) is 0 Å². The van der Waals surface area contributed by atoms with Gasteiger partial charge in [0, 0.05) is 32.8 Å². The Morgan fingerprint density at radius 2 is 0.755 bits per heavy atom. The third-order valence-electron chi connectivity index (χ3n) is 9.96. The van der Waals surface area contributed by atoms with Crippen molar-refractivity contribution in [3.8, 4) is 67.5 Å². The Morgan fingerprint density at radius 1 is 0.302 bits per heavy atom. The van der Waals surface area contributed by atoms with Crippen molar-refractivity contribution in [2.45, 2.75) is 0 Å². The minimum Gasteiger partial charge on any atom is -0.455 e. The highest BCUT2D eigenvalue weighted by atomic mass is 16.3. The van der Waals surface area contributed by atoms with E-state index in [0.717, 1.165) is 71.7 Å². The number of furan rings is 1. The van der Waals surface area contributed by atoms with Crippen LogP contribution in [0.15, 0.2) is 192 Å². The Labute approximate surface area is 306 Å². The van der Waals surface area contributed by atoms with Crippen LogP contribution >= 0.6 is 0 Å². The lowest BCUT2D eigenvalue weighted by Crippen LogP contribution is -2.00. The van der Waals surface area contributed by atoms with Gasteiger partial charge in [-0.15, -0.1) is 0 Å². The summed E-state index contributed by atoms with van der Waals surface area (Å²) < 4.78 is 6.66. The van der Waals surface area contributed by atoms with Crippen LogP contribution in [0.3, 0.4) is 0 Å². The summed E-state index contributed by atoms with van der Waals surface area (Å²) >= 11 is 0. The first-order chi connectivity index (χ1) is 26.3. The molecule has 0 bridgehead atoms. The summed E-state index contributed by atoms with van der Waals surface area (Å²) in [6, 6.07) is 65.1. The molecule has 4 heteroatoms. The molecule has 0 atom stereocenters. The molecule has 4 nitrogen and oxygen atoms in total. The highest BCUT2D eigenvalue weighted by molar-refractivity contribution is 6.21. The molecule has 0 radical (unpaired) electrons. The summed E-state index contributed by atoms with van der Waals surface area (Å²) in [5.74, 6) is 1.82. The molecular weight excluding hydrogens is 647 g/mol. The zero-order valence-corrected chi connectivity index (χ0v) is 28.6. The number of hydrogen-bond acceptors (Lipinski definition) is 4. The van der Waals surface area contributed by atoms with Crippen LogP contribution in [0, 0.1) is 0 Å². The maximum atomic E-state index is 6.66. The van der Waals surface area contributed by atoms with Crippen LogP contribution in [0.4, 0.5) is 0 Å². The third-order valence-corrected chi connectivity index (χ3v) is 9.96. The molecule has 0 spiro atoms. The van der Waals surface area contributed by atoms with Crippen LogP contribution in [-0.4, -0.2) is 15.0 Å². The molecule has 0 fully saturated rings. The van der Waals surface area contributed by atoms with Crippen molar-refractivity contribution in [1.82, 2.24) is 15.0 Å². The number of fused-ring (bicyclic) bond motifs is 5. The summed E-state index contributed by atoms with van der Waals surface area (Å²) in [7, 11) is 0. The smallest absolute Gasteiger partial charge is 0.164 e. The van der Waals surface area contributed by atoms with Crippen LogP contribution in [0.5, 0.6) is 0 Å². The zero-order valence-electron chi connectivity index (χ0n) is 28.6. The van der Waals surface area contributed by atoms with Gasteiger partial charge in [0.15, 0.2) is 17.5 Å². The van der Waals surface area contributed by atoms with E-state index in [4.69, 9.17) is 19.4 Å². The standard InChI is InChI=1S/C49H31N3O/c1-4-13-32(14-5-1)33-23-25-34(26-24-33)35-27-29-38(30-28-35)48-50-47(37-17-8-3-9-18-37)51-49(52-48)41-21-12-22-44-45(41)43-31-42(36-15-6-2-7-16-36)39-19-10-11-20-40(39)46(43)53-44/h1-31H. The summed E-state index contributed by atoms with van der Waals surface area (Å²) in [5.41, 5.74) is 11.4. The second-order valence-corrected chi connectivity index (χ2v) is 13.2. The van der Waals surface area contributed by atoms with Crippen molar-refractivity contribution in [2.24, 2.45) is 0 Å². The van der Waals surface area contributed by atoms with E-state index in [2.05, 4.69) is 140 Å². The largest absolute Gasteiger partial charge is 0.455 e. The van der Waals surface area contributed by atoms with E-state index in [0.29, 0.717) is 17.5 Å². The average Bonchev–Trinajstić information content (AvgIpc) is 3.63. The number of hydrogen-bond donors (Lipinski definition) is 0. The molecule has 2 aromatic heterocycles. The summed E-state index contributed by atoms with van der Waals surface area (Å²) in [5, 5.41) is 4.23. The summed E-state index contributed by atoms with van der Waals surface area (Å²) in [6.45, 7) is 0. The fraction of sp³-hybridized carbons (Fsp3) is 0. The van der Waals surface area contributed by atoms with Gasteiger partial charge >= 0.3 is 0 Å². The Morgan fingerprint density at radius 3 is 1.36 bits per heavy atom. The van der Waals surface area contributed by atoms with E-state index in [9.17, 15) is 0 Å². The molecule has 0 aliphatic heterocycles. The van der Waals surface area contributed by atoms with Gasteiger partial charge < -0.3 is 4.42 Å². The minimum absolute atomic E-state index is 0.595. The van der Waals surface area contributed by atoms with E-state index >= 15 is 0 Å². The van der Waals surface area contributed by atoms with Crippen LogP contribution in [0.1, 0.15) is 0 Å². The van der Waals surface area contributed by atoms with E-state index in [1.165, 1.54) is 11.1 Å². The quantitative estimate of drug-likeness (QED) is 0.176. The molecule has 0 aliphatic rings. The predicted octanol–water partition coefficient (Wildman–Crippen LogP) is 12.9. The highest BCUT2D eigenvalue weighted by Gasteiger charge is 2.20. The van der Waals surface area contributed by atoms with Gasteiger partial charge in [-0.2, -0.15) is 0 Å². The molecule has 10 aromatic rings. The molecule has 53 heavy (non-hydrogen) atoms. The minimum atomic E-state index is 0.595. The number of aromatic nitrogens is 3. The van der Waals surface area contributed by atoms with Gasteiger partial charge in [-0.25, -0.2) is 15.0 Å². The fourth-order valence-corrected chi connectivity index (χ4v) is 7.33. The first-order valence-electron chi connectivity index (χ1n) is 17.8. The number of nitrogens with zero attached hydrogens (tertiary/aromatic N) is 3. The van der Waals surface area contributed by atoms with Gasteiger partial charge in [0.25, 0.3) is 0 Å². The second kappa shape index (κ2) is 12.9. The molecule has 8 aromatic carbocycles. The lowest BCUT2D eigenvalue weighted by atomic mass is 9.94. The van der Waals surface area contributed by atoms with Crippen LogP contribution in [0.25, 0.3) is 100 Å². The first kappa shape index (κ1) is 30.6. The Kier molecular flexibility index (Phi) is 7.43. The average molecular weight is 678 g/mol. The van der Waals surface area contributed by atoms with Gasteiger partial charge in [0.2, 0.25) is 0 Å². The molecule has 0 unspecified atom stereocenters. The monoisotopic (exact) mass is 677 g/mol. The second-order valence-electron chi connectivity index (χ2n) is 13.2. The number of benzene rings is 8. The Bertz CT molecular complexity index is 2900. The van der Waals surface area contributed by atoms with E-state index in [1.807, 2.05) is 48.5 Å². The Hall–Kier alpha value is -7.17. The molecule has 0 N–H and O–H groups in total. The van der Waals surface area contributed by atoms with Crippen molar-refractivity contribution in [1.29, 1.82) is 0 Å². The number of rotatable bonds is 6. The third kappa shape index (κ3) is 5.54. The van der Waals surface area contributed by atoms with E-state index < -0.39 is 0 Å².